The Morgan fingerprint density at radius 1 is 1.34 bits per heavy atom. The molecule has 0 saturated carbocycles. The Morgan fingerprint density at radius 2 is 2.07 bits per heavy atom. The maximum Gasteiger partial charge on any atom is 0.355 e. The number of halogens is 2. The summed E-state index contributed by atoms with van der Waals surface area (Å²) >= 11 is 12.5. The second-order valence-corrected chi connectivity index (χ2v) is 6.71. The molecule has 0 radical (unpaired) electrons. The molecule has 0 aliphatic carbocycles. The lowest BCUT2D eigenvalue weighted by Crippen LogP contribution is -2.08. The quantitative estimate of drug-likeness (QED) is 0.248. The van der Waals surface area contributed by atoms with Crippen LogP contribution in [0.1, 0.15) is 28.5 Å². The summed E-state index contributed by atoms with van der Waals surface area (Å²) in [5, 5.41) is 21.9. The van der Waals surface area contributed by atoms with Gasteiger partial charge in [0.15, 0.2) is 0 Å². The van der Waals surface area contributed by atoms with E-state index >= 15 is 0 Å². The van der Waals surface area contributed by atoms with Crippen LogP contribution in [0.25, 0.3) is 16.5 Å². The van der Waals surface area contributed by atoms with Crippen molar-refractivity contribution < 1.29 is 14.5 Å². The molecule has 1 N–H and O–H groups in total. The number of nitro benzene ring substituents is 1. The Bertz CT molecular complexity index is 1210. The van der Waals surface area contributed by atoms with Gasteiger partial charge in [-0.2, -0.15) is 5.26 Å². The first-order valence-corrected chi connectivity index (χ1v) is 9.16. The second-order valence-electron chi connectivity index (χ2n) is 5.87. The average molecular weight is 430 g/mol. The van der Waals surface area contributed by atoms with Crippen molar-refractivity contribution in [1.82, 2.24) is 4.98 Å². The number of hydrogen-bond acceptors (Lipinski definition) is 5. The molecule has 3 rings (SSSR count). The van der Waals surface area contributed by atoms with Crippen molar-refractivity contribution in [3.63, 3.8) is 0 Å². The molecule has 3 aromatic rings. The van der Waals surface area contributed by atoms with Gasteiger partial charge in [0.2, 0.25) is 0 Å². The van der Waals surface area contributed by atoms with Crippen LogP contribution in [-0.2, 0) is 4.74 Å². The summed E-state index contributed by atoms with van der Waals surface area (Å²) < 4.78 is 5.12. The monoisotopic (exact) mass is 429 g/mol. The first-order chi connectivity index (χ1) is 13.9. The van der Waals surface area contributed by atoms with Crippen LogP contribution in [0.15, 0.2) is 42.5 Å². The average Bonchev–Trinajstić information content (AvgIpc) is 3.05. The molecule has 0 saturated heterocycles. The van der Waals surface area contributed by atoms with Crippen LogP contribution in [-0.4, -0.2) is 22.5 Å². The van der Waals surface area contributed by atoms with Crippen molar-refractivity contribution >= 4 is 51.3 Å². The lowest BCUT2D eigenvalue weighted by molar-refractivity contribution is -0.385. The van der Waals surface area contributed by atoms with E-state index in [1.807, 2.05) is 6.07 Å². The Hall–Kier alpha value is -3.34. The highest BCUT2D eigenvalue weighted by atomic mass is 35.5. The SMILES string of the molecule is CCOC(=O)c1[nH]c2cc(Cl)cc(Cl)c2c1/C(=C\C#N)c1ccccc1[N+](=O)[O-]. The van der Waals surface area contributed by atoms with Crippen molar-refractivity contribution in [3.8, 4) is 6.07 Å². The highest BCUT2D eigenvalue weighted by Gasteiger charge is 2.27. The fourth-order valence-corrected chi connectivity index (χ4v) is 3.67. The van der Waals surface area contributed by atoms with Crippen LogP contribution >= 0.6 is 23.2 Å². The number of aromatic amines is 1. The number of carbonyl (C=O) groups excluding carboxylic acids is 1. The molecule has 0 aliphatic heterocycles. The molecule has 29 heavy (non-hydrogen) atoms. The zero-order chi connectivity index (χ0) is 21.1. The number of hydrogen-bond donors (Lipinski definition) is 1. The van der Waals surface area contributed by atoms with Gasteiger partial charge in [0.05, 0.1) is 28.2 Å². The van der Waals surface area contributed by atoms with E-state index in [0.717, 1.165) is 6.08 Å². The summed E-state index contributed by atoms with van der Waals surface area (Å²) in [5.41, 5.74) is 0.794. The van der Waals surface area contributed by atoms with Crippen molar-refractivity contribution in [2.24, 2.45) is 0 Å². The predicted molar refractivity (Wildman–Crippen MR) is 110 cm³/mol. The van der Waals surface area contributed by atoms with Gasteiger partial charge in [0.25, 0.3) is 5.69 Å². The van der Waals surface area contributed by atoms with Gasteiger partial charge in [-0.3, -0.25) is 10.1 Å². The van der Waals surface area contributed by atoms with Crippen LogP contribution in [0.3, 0.4) is 0 Å². The zero-order valence-electron chi connectivity index (χ0n) is 15.0. The number of para-hydroxylation sites is 1. The maximum atomic E-state index is 12.6. The molecule has 2 aromatic carbocycles. The largest absolute Gasteiger partial charge is 0.461 e. The van der Waals surface area contributed by atoms with Gasteiger partial charge in [-0.25, -0.2) is 4.79 Å². The normalized spacial score (nSPS) is 11.3. The lowest BCUT2D eigenvalue weighted by atomic mass is 9.93. The van der Waals surface area contributed by atoms with Gasteiger partial charge in [-0.1, -0.05) is 35.3 Å². The molecule has 0 atom stereocenters. The van der Waals surface area contributed by atoms with E-state index in [1.165, 1.54) is 24.3 Å². The van der Waals surface area contributed by atoms with Crippen molar-refractivity contribution in [1.29, 1.82) is 5.26 Å². The third-order valence-corrected chi connectivity index (χ3v) is 4.68. The summed E-state index contributed by atoms with van der Waals surface area (Å²) in [6.45, 7) is 1.77. The topological polar surface area (TPSA) is 109 Å². The van der Waals surface area contributed by atoms with E-state index in [4.69, 9.17) is 27.9 Å². The van der Waals surface area contributed by atoms with Crippen LogP contribution in [0.2, 0.25) is 10.0 Å². The third-order valence-electron chi connectivity index (χ3n) is 4.16. The molecule has 0 spiro atoms. The second kappa shape index (κ2) is 8.35. The maximum absolute atomic E-state index is 12.6. The molecule has 9 heteroatoms. The fraction of sp³-hybridized carbons (Fsp3) is 0.100. The minimum atomic E-state index is -0.687. The van der Waals surface area contributed by atoms with Gasteiger partial charge >= 0.3 is 5.97 Å². The number of esters is 1. The number of nitro groups is 1. The first kappa shape index (κ1) is 20.4. The van der Waals surface area contributed by atoms with E-state index in [-0.39, 0.29) is 39.7 Å². The minimum absolute atomic E-state index is 0.0191. The number of nitrogens with one attached hydrogen (secondary N) is 1. The van der Waals surface area contributed by atoms with Crippen LogP contribution in [0.5, 0.6) is 0 Å². The summed E-state index contributed by atoms with van der Waals surface area (Å²) in [7, 11) is 0. The molecule has 0 unspecified atom stereocenters. The minimum Gasteiger partial charge on any atom is -0.461 e. The zero-order valence-corrected chi connectivity index (χ0v) is 16.5. The van der Waals surface area contributed by atoms with E-state index in [2.05, 4.69) is 4.98 Å². The van der Waals surface area contributed by atoms with E-state index in [9.17, 15) is 20.2 Å². The molecular weight excluding hydrogens is 417 g/mol. The standard InChI is InChI=1S/C20H13Cl2N3O4/c1-2-29-20(26)19-17(18-14(22)9-11(21)10-15(18)24-19)13(7-8-23)12-5-3-4-6-16(12)25(27)28/h3-7,9-10,24H,2H2,1H3/b13-7-. The fourth-order valence-electron chi connectivity index (χ4n) is 3.08. The van der Waals surface area contributed by atoms with Gasteiger partial charge in [-0.05, 0) is 25.1 Å². The predicted octanol–water partition coefficient (Wildman–Crippen LogP) is 5.51. The number of nitriles is 1. The third kappa shape index (κ3) is 3.81. The summed E-state index contributed by atoms with van der Waals surface area (Å²) in [6.07, 6.45) is 1.14. The molecular formula is C20H13Cl2N3O4. The Labute approximate surface area is 175 Å². The van der Waals surface area contributed by atoms with E-state index in [1.54, 1.807) is 19.1 Å². The molecule has 0 bridgehead atoms. The highest BCUT2D eigenvalue weighted by molar-refractivity contribution is 6.39. The van der Waals surface area contributed by atoms with Crippen molar-refractivity contribution in [2.75, 3.05) is 6.61 Å². The highest BCUT2D eigenvalue weighted by Crippen LogP contribution is 2.40. The number of rotatable bonds is 5. The number of aromatic nitrogens is 1. The molecule has 146 valence electrons. The van der Waals surface area contributed by atoms with Gasteiger partial charge in [-0.15, -0.1) is 0 Å². The Morgan fingerprint density at radius 3 is 2.72 bits per heavy atom. The van der Waals surface area contributed by atoms with E-state index < -0.39 is 10.9 Å². The Balaban J connectivity index is 2.44. The van der Waals surface area contributed by atoms with Gasteiger partial charge in [0.1, 0.15) is 5.69 Å². The van der Waals surface area contributed by atoms with Crippen LogP contribution in [0.4, 0.5) is 5.69 Å². The van der Waals surface area contributed by atoms with Crippen molar-refractivity contribution in [3.05, 3.63) is 79.5 Å². The van der Waals surface area contributed by atoms with Gasteiger partial charge in [0, 0.05) is 39.2 Å². The smallest absolute Gasteiger partial charge is 0.355 e. The number of benzene rings is 2. The number of carbonyl (C=O) groups is 1. The Kier molecular flexibility index (Phi) is 5.87. The number of H-pyrrole nitrogens is 1. The summed E-state index contributed by atoms with van der Waals surface area (Å²) in [5.74, 6) is -0.687. The molecule has 1 aromatic heterocycles. The molecule has 0 fully saturated rings. The molecule has 1 heterocycles. The number of nitrogens with zero attached hydrogens (tertiary/aromatic N) is 2. The number of fused-ring (bicyclic) bond motifs is 1. The summed E-state index contributed by atoms with van der Waals surface area (Å²) in [6, 6.07) is 10.9. The number of allylic oxidation sites excluding steroid dienone is 1. The van der Waals surface area contributed by atoms with Gasteiger partial charge < -0.3 is 9.72 Å². The summed E-state index contributed by atoms with van der Waals surface area (Å²) in [4.78, 5) is 26.5. The molecule has 0 amide bonds. The first-order valence-electron chi connectivity index (χ1n) is 8.40. The van der Waals surface area contributed by atoms with E-state index in [0.29, 0.717) is 15.9 Å². The number of ether oxygens (including phenoxy) is 1. The van der Waals surface area contributed by atoms with Crippen LogP contribution in [0, 0.1) is 21.4 Å². The molecule has 7 nitrogen and oxygen atoms in total. The van der Waals surface area contributed by atoms with Crippen LogP contribution < -0.4 is 0 Å². The molecule has 0 aliphatic rings. The van der Waals surface area contributed by atoms with Crippen molar-refractivity contribution in [2.45, 2.75) is 6.92 Å². The lowest BCUT2D eigenvalue weighted by Gasteiger charge is -2.10.